The number of nitrogens with zero attached hydrogens (tertiary/aromatic N) is 1. The third-order valence-corrected chi connectivity index (χ3v) is 12.7. The first-order valence-electron chi connectivity index (χ1n) is 18.8. The summed E-state index contributed by atoms with van der Waals surface area (Å²) in [6.07, 6.45) is 7.64. The van der Waals surface area contributed by atoms with Crippen LogP contribution in [-0.4, -0.2) is 69.5 Å². The maximum absolute atomic E-state index is 14.2. The third-order valence-electron chi connectivity index (χ3n) is 12.7. The predicted octanol–water partition coefficient (Wildman–Crippen LogP) is 7.02. The minimum atomic E-state index is -0.814. The second kappa shape index (κ2) is 14.1. The van der Waals surface area contributed by atoms with Crippen molar-refractivity contribution in [1.82, 2.24) is 10.2 Å². The number of phenolic OH excluding ortho intramolecular Hbond substituents is 1. The first-order valence-corrected chi connectivity index (χ1v) is 18.8. The molecular formula is C40H62N2O7. The van der Waals surface area contributed by atoms with Crippen molar-refractivity contribution in [2.75, 3.05) is 13.1 Å². The van der Waals surface area contributed by atoms with E-state index in [4.69, 9.17) is 9.47 Å². The Kier molecular flexibility index (Phi) is 10.8. The number of carbonyl (C=O) groups excluding carboxylic acids is 3. The number of esters is 1. The quantitative estimate of drug-likeness (QED) is 0.252. The molecule has 0 spiro atoms. The fraction of sp³-hybridized carbons (Fsp3) is 0.775. The van der Waals surface area contributed by atoms with E-state index in [9.17, 15) is 24.6 Å². The minimum Gasteiger partial charge on any atom is -0.508 e. The lowest BCUT2D eigenvalue weighted by Crippen LogP contribution is -2.63. The molecule has 0 bridgehead atoms. The number of benzene rings is 1. The summed E-state index contributed by atoms with van der Waals surface area (Å²) in [6, 6.07) is 5.89. The number of piperidine rings is 1. The number of phenols is 1. The zero-order valence-electron chi connectivity index (χ0n) is 31.2. The highest BCUT2D eigenvalue weighted by Crippen LogP contribution is 2.67. The molecular weight excluding hydrogens is 620 g/mol. The number of fused-ring (bicyclic) bond motifs is 5. The zero-order chi connectivity index (χ0) is 35.9. The van der Waals surface area contributed by atoms with Gasteiger partial charge in [-0.2, -0.15) is 0 Å². The molecule has 4 fully saturated rings. The largest absolute Gasteiger partial charge is 0.508 e. The number of likely N-dealkylation sites (tertiary alicyclic amines) is 1. The fourth-order valence-electron chi connectivity index (χ4n) is 10.3. The SMILES string of the molecule is CC(C)(C)OC(=O)CCCC1CCC2C3C(O)CC4CN(C(=O)C(Cc5ccc(O)cc5)NC(=O)OC(C)(C)C)CCC4(C)C3CCC12C. The normalized spacial score (nSPS) is 33.4. The van der Waals surface area contributed by atoms with Gasteiger partial charge < -0.3 is 29.9 Å². The van der Waals surface area contributed by atoms with Gasteiger partial charge in [0.05, 0.1) is 6.10 Å². The van der Waals surface area contributed by atoms with E-state index in [2.05, 4.69) is 19.2 Å². The summed E-state index contributed by atoms with van der Waals surface area (Å²) < 4.78 is 11.1. The minimum absolute atomic E-state index is 0.0296. The molecule has 1 saturated heterocycles. The molecule has 9 atom stereocenters. The first kappa shape index (κ1) is 37.4. The summed E-state index contributed by atoms with van der Waals surface area (Å²) in [6.45, 7) is 17.2. The Morgan fingerprint density at radius 3 is 2.24 bits per heavy atom. The molecule has 4 aliphatic rings. The zero-order valence-corrected chi connectivity index (χ0v) is 31.2. The van der Waals surface area contributed by atoms with Crippen molar-refractivity contribution in [3.63, 3.8) is 0 Å². The summed E-state index contributed by atoms with van der Waals surface area (Å²) in [5, 5.41) is 24.5. The Bertz CT molecular complexity index is 1350. The van der Waals surface area contributed by atoms with E-state index in [1.54, 1.807) is 45.0 Å². The number of alkyl carbamates (subject to hydrolysis) is 1. The van der Waals surface area contributed by atoms with Gasteiger partial charge in [0.15, 0.2) is 0 Å². The summed E-state index contributed by atoms with van der Waals surface area (Å²) >= 11 is 0. The van der Waals surface area contributed by atoms with Gasteiger partial charge in [-0.15, -0.1) is 0 Å². The van der Waals surface area contributed by atoms with Crippen LogP contribution in [0.4, 0.5) is 4.79 Å². The first-order chi connectivity index (χ1) is 22.8. The van der Waals surface area contributed by atoms with Crippen LogP contribution >= 0.6 is 0 Å². The lowest BCUT2D eigenvalue weighted by atomic mass is 9.45. The molecule has 3 N–H and O–H groups in total. The van der Waals surface area contributed by atoms with E-state index in [0.29, 0.717) is 43.7 Å². The summed E-state index contributed by atoms with van der Waals surface area (Å²) in [5.41, 5.74) is -0.129. The van der Waals surface area contributed by atoms with Crippen LogP contribution in [0.1, 0.15) is 119 Å². The fourth-order valence-corrected chi connectivity index (χ4v) is 10.3. The maximum atomic E-state index is 14.2. The number of ether oxygens (including phenoxy) is 2. The van der Waals surface area contributed by atoms with Crippen LogP contribution in [0.3, 0.4) is 0 Å². The summed E-state index contributed by atoms with van der Waals surface area (Å²) in [5.74, 6) is 1.75. The summed E-state index contributed by atoms with van der Waals surface area (Å²) in [7, 11) is 0. The molecule has 1 aliphatic heterocycles. The average Bonchev–Trinajstić information content (AvgIpc) is 3.32. The number of aliphatic hydroxyl groups excluding tert-OH is 1. The van der Waals surface area contributed by atoms with Gasteiger partial charge >= 0.3 is 12.1 Å². The topological polar surface area (TPSA) is 125 Å². The van der Waals surface area contributed by atoms with E-state index in [1.165, 1.54) is 0 Å². The van der Waals surface area contributed by atoms with Gasteiger partial charge in [-0.05, 0) is 151 Å². The van der Waals surface area contributed by atoms with Crippen LogP contribution in [-0.2, 0) is 25.5 Å². The highest BCUT2D eigenvalue weighted by Gasteiger charge is 2.62. The predicted molar refractivity (Wildman–Crippen MR) is 189 cm³/mol. The number of hydrogen-bond acceptors (Lipinski definition) is 7. The Labute approximate surface area is 293 Å². The second-order valence-electron chi connectivity index (χ2n) is 18.2. The molecule has 0 radical (unpaired) electrons. The van der Waals surface area contributed by atoms with Crippen molar-refractivity contribution in [1.29, 1.82) is 0 Å². The molecule has 1 aromatic carbocycles. The summed E-state index contributed by atoms with van der Waals surface area (Å²) in [4.78, 5) is 41.3. The number of carbonyl (C=O) groups is 3. The number of aromatic hydroxyl groups is 1. The van der Waals surface area contributed by atoms with E-state index < -0.39 is 29.4 Å². The van der Waals surface area contributed by atoms with Crippen LogP contribution in [0.15, 0.2) is 24.3 Å². The van der Waals surface area contributed by atoms with Gasteiger partial charge in [0.2, 0.25) is 5.91 Å². The molecule has 5 rings (SSSR count). The van der Waals surface area contributed by atoms with Crippen molar-refractivity contribution in [3.8, 4) is 5.75 Å². The van der Waals surface area contributed by atoms with Crippen LogP contribution in [0.5, 0.6) is 5.75 Å². The average molecular weight is 683 g/mol. The molecule has 49 heavy (non-hydrogen) atoms. The molecule has 3 saturated carbocycles. The van der Waals surface area contributed by atoms with Crippen molar-refractivity contribution < 1.29 is 34.1 Å². The van der Waals surface area contributed by atoms with Gasteiger partial charge in [-0.25, -0.2) is 4.79 Å². The Morgan fingerprint density at radius 2 is 1.59 bits per heavy atom. The van der Waals surface area contributed by atoms with Crippen LogP contribution in [0.25, 0.3) is 0 Å². The number of amides is 2. The third kappa shape index (κ3) is 8.40. The highest BCUT2D eigenvalue weighted by molar-refractivity contribution is 5.86. The molecule has 9 nitrogen and oxygen atoms in total. The van der Waals surface area contributed by atoms with E-state index in [-0.39, 0.29) is 46.7 Å². The molecule has 1 heterocycles. The lowest BCUT2D eigenvalue weighted by Gasteiger charge is -2.62. The van der Waals surface area contributed by atoms with Crippen molar-refractivity contribution in [3.05, 3.63) is 29.8 Å². The van der Waals surface area contributed by atoms with Crippen LogP contribution < -0.4 is 5.32 Å². The molecule has 1 aromatic rings. The van der Waals surface area contributed by atoms with Gasteiger partial charge in [0.25, 0.3) is 0 Å². The van der Waals surface area contributed by atoms with E-state index in [0.717, 1.165) is 50.5 Å². The van der Waals surface area contributed by atoms with Crippen molar-refractivity contribution in [2.24, 2.45) is 40.4 Å². The Balaban J connectivity index is 1.25. The van der Waals surface area contributed by atoms with E-state index >= 15 is 0 Å². The second-order valence-corrected chi connectivity index (χ2v) is 18.2. The molecule has 2 amide bonds. The standard InChI is InChI=1S/C40H62N2O7/c1-37(2,3)48-33(45)11-9-10-26-14-17-29-34-30(18-19-39(26,29)7)40(8)20-21-42(24-27(40)23-32(34)44)35(46)31(41-36(47)49-38(4,5)6)22-25-12-15-28(43)16-13-25/h12-13,15-16,26-27,29-32,34,43-44H,9-11,14,17-24H2,1-8H3,(H,41,47). The maximum Gasteiger partial charge on any atom is 0.408 e. The van der Waals surface area contributed by atoms with Crippen LogP contribution in [0.2, 0.25) is 0 Å². The molecule has 274 valence electrons. The van der Waals surface area contributed by atoms with Gasteiger partial charge in [-0.1, -0.05) is 26.0 Å². The van der Waals surface area contributed by atoms with Crippen LogP contribution in [0, 0.1) is 40.4 Å². The molecule has 0 aromatic heterocycles. The van der Waals surface area contributed by atoms with E-state index in [1.807, 2.05) is 25.7 Å². The smallest absolute Gasteiger partial charge is 0.408 e. The number of hydrogen-bond donors (Lipinski definition) is 3. The number of rotatable bonds is 8. The number of aliphatic hydroxyl groups is 1. The molecule has 3 aliphatic carbocycles. The van der Waals surface area contributed by atoms with Gasteiger partial charge in [-0.3, -0.25) is 9.59 Å². The highest BCUT2D eigenvalue weighted by atomic mass is 16.6. The van der Waals surface area contributed by atoms with Crippen molar-refractivity contribution >= 4 is 18.0 Å². The van der Waals surface area contributed by atoms with Gasteiger partial charge in [0, 0.05) is 25.9 Å². The van der Waals surface area contributed by atoms with Gasteiger partial charge in [0.1, 0.15) is 23.0 Å². The monoisotopic (exact) mass is 682 g/mol. The Hall–Kier alpha value is -2.81. The number of nitrogens with one attached hydrogen (secondary N) is 1. The molecule has 9 heteroatoms. The Morgan fingerprint density at radius 1 is 0.939 bits per heavy atom. The van der Waals surface area contributed by atoms with Crippen molar-refractivity contribution in [2.45, 2.75) is 143 Å². The molecule has 9 unspecified atom stereocenters. The lowest BCUT2D eigenvalue weighted by molar-refractivity contribution is -0.175.